The highest BCUT2D eigenvalue weighted by Gasteiger charge is 2.24. The summed E-state index contributed by atoms with van der Waals surface area (Å²) in [5.41, 5.74) is 0.933. The molecule has 0 atom stereocenters. The van der Waals surface area contributed by atoms with Crippen molar-refractivity contribution in [1.29, 1.82) is 5.26 Å². The molecule has 3 aromatic rings. The Balaban J connectivity index is 1.92. The first-order chi connectivity index (χ1) is 12.8. The van der Waals surface area contributed by atoms with Crippen molar-refractivity contribution in [2.45, 2.75) is 6.92 Å². The molecule has 0 unspecified atom stereocenters. The zero-order valence-corrected chi connectivity index (χ0v) is 15.4. The number of nitrogens with zero attached hydrogens (tertiary/aromatic N) is 2. The Labute approximate surface area is 156 Å². The van der Waals surface area contributed by atoms with Gasteiger partial charge in [0.25, 0.3) is 5.91 Å². The third-order valence-electron chi connectivity index (χ3n) is 3.67. The number of aryl methyl sites for hydroxylation is 1. The van der Waals surface area contributed by atoms with Gasteiger partial charge in [-0.15, -0.1) is 0 Å². The van der Waals surface area contributed by atoms with Crippen LogP contribution in [0.4, 0.5) is 11.4 Å². The maximum absolute atomic E-state index is 12.7. The van der Waals surface area contributed by atoms with Crippen LogP contribution in [0.25, 0.3) is 5.88 Å². The zero-order valence-electron chi connectivity index (χ0n) is 14.6. The minimum atomic E-state index is -3.44. The number of amides is 1. The lowest BCUT2D eigenvalue weighted by atomic mass is 10.1. The van der Waals surface area contributed by atoms with Gasteiger partial charge in [0.1, 0.15) is 23.0 Å². The number of carbonyl (C=O) groups is 1. The van der Waals surface area contributed by atoms with E-state index in [1.165, 1.54) is 6.07 Å². The van der Waals surface area contributed by atoms with E-state index in [9.17, 15) is 18.5 Å². The maximum Gasteiger partial charge on any atom is 0.260 e. The molecule has 0 saturated heterocycles. The molecule has 0 spiro atoms. The summed E-state index contributed by atoms with van der Waals surface area (Å²) in [4.78, 5) is 12.7. The van der Waals surface area contributed by atoms with E-state index in [4.69, 9.17) is 4.42 Å². The minimum Gasteiger partial charge on any atom is -0.443 e. The SMILES string of the molecule is Cc1oc(-n2cccc2)c(C#N)c1C(=O)Nc1cccc(NS(C)(=O)=O)c1. The van der Waals surface area contributed by atoms with Gasteiger partial charge in [0, 0.05) is 18.1 Å². The van der Waals surface area contributed by atoms with Crippen molar-refractivity contribution < 1.29 is 17.6 Å². The van der Waals surface area contributed by atoms with Gasteiger partial charge in [-0.25, -0.2) is 8.42 Å². The number of aromatic nitrogens is 1. The van der Waals surface area contributed by atoms with Gasteiger partial charge in [-0.05, 0) is 37.3 Å². The number of carbonyl (C=O) groups excluding carboxylic acids is 1. The molecule has 1 amide bonds. The molecule has 9 heteroatoms. The smallest absolute Gasteiger partial charge is 0.260 e. The molecule has 138 valence electrons. The quantitative estimate of drug-likeness (QED) is 0.701. The number of nitrogens with one attached hydrogen (secondary N) is 2. The number of benzene rings is 1. The van der Waals surface area contributed by atoms with Crippen LogP contribution in [0.1, 0.15) is 21.7 Å². The molecule has 0 saturated carbocycles. The van der Waals surface area contributed by atoms with Crippen LogP contribution >= 0.6 is 0 Å². The van der Waals surface area contributed by atoms with Crippen LogP contribution in [0.5, 0.6) is 0 Å². The van der Waals surface area contributed by atoms with Crippen LogP contribution in [0.15, 0.2) is 53.2 Å². The molecule has 0 fully saturated rings. The number of anilines is 2. The van der Waals surface area contributed by atoms with Gasteiger partial charge >= 0.3 is 0 Å². The summed E-state index contributed by atoms with van der Waals surface area (Å²) in [6, 6.07) is 11.8. The van der Waals surface area contributed by atoms with Crippen molar-refractivity contribution in [1.82, 2.24) is 4.57 Å². The normalized spacial score (nSPS) is 11.0. The number of sulfonamides is 1. The standard InChI is InChI=1S/C18H16N4O4S/c1-12-16(15(11-19)18(26-12)22-8-3-4-9-22)17(23)20-13-6-5-7-14(10-13)21-27(2,24)25/h3-10,21H,1-2H3,(H,20,23). The molecular formula is C18H16N4O4S. The van der Waals surface area contributed by atoms with Gasteiger partial charge < -0.3 is 9.73 Å². The van der Waals surface area contributed by atoms with Crippen LogP contribution in [0.2, 0.25) is 0 Å². The van der Waals surface area contributed by atoms with Gasteiger partial charge in [-0.1, -0.05) is 6.07 Å². The highest BCUT2D eigenvalue weighted by Crippen LogP contribution is 2.26. The van der Waals surface area contributed by atoms with Crippen molar-refractivity contribution in [3.05, 3.63) is 65.7 Å². The van der Waals surface area contributed by atoms with Crippen LogP contribution in [-0.4, -0.2) is 25.1 Å². The van der Waals surface area contributed by atoms with Gasteiger partial charge in [-0.2, -0.15) is 5.26 Å². The molecule has 2 heterocycles. The first-order valence-electron chi connectivity index (χ1n) is 7.84. The summed E-state index contributed by atoms with van der Waals surface area (Å²) in [6.07, 6.45) is 4.46. The van der Waals surface area contributed by atoms with Crippen LogP contribution in [0, 0.1) is 18.3 Å². The van der Waals surface area contributed by atoms with E-state index < -0.39 is 15.9 Å². The molecule has 0 radical (unpaired) electrons. The fourth-order valence-corrected chi connectivity index (χ4v) is 3.18. The number of hydrogen-bond donors (Lipinski definition) is 2. The summed E-state index contributed by atoms with van der Waals surface area (Å²) < 4.78 is 32.3. The van der Waals surface area contributed by atoms with E-state index in [2.05, 4.69) is 10.0 Å². The highest BCUT2D eigenvalue weighted by atomic mass is 32.2. The summed E-state index contributed by atoms with van der Waals surface area (Å²) in [6.45, 7) is 1.60. The largest absolute Gasteiger partial charge is 0.443 e. The molecule has 0 aliphatic heterocycles. The topological polar surface area (TPSA) is 117 Å². The van der Waals surface area contributed by atoms with Gasteiger partial charge in [0.05, 0.1) is 11.9 Å². The summed E-state index contributed by atoms with van der Waals surface area (Å²) in [7, 11) is -3.44. The van der Waals surface area contributed by atoms with E-state index in [0.29, 0.717) is 17.1 Å². The lowest BCUT2D eigenvalue weighted by Crippen LogP contribution is -2.14. The first kappa shape index (κ1) is 18.3. The minimum absolute atomic E-state index is 0.117. The molecule has 0 bridgehead atoms. The predicted molar refractivity (Wildman–Crippen MR) is 100 cm³/mol. The Kier molecular flexibility index (Phi) is 4.75. The van der Waals surface area contributed by atoms with Gasteiger partial charge in [-0.3, -0.25) is 14.1 Å². The monoisotopic (exact) mass is 384 g/mol. The first-order valence-corrected chi connectivity index (χ1v) is 9.73. The lowest BCUT2D eigenvalue weighted by Gasteiger charge is -2.08. The summed E-state index contributed by atoms with van der Waals surface area (Å²) in [5, 5.41) is 12.2. The Morgan fingerprint density at radius 3 is 2.48 bits per heavy atom. The highest BCUT2D eigenvalue weighted by molar-refractivity contribution is 7.92. The molecule has 0 aliphatic rings. The number of rotatable bonds is 5. The molecule has 1 aromatic carbocycles. The molecule has 27 heavy (non-hydrogen) atoms. The fraction of sp³-hybridized carbons (Fsp3) is 0.111. The van der Waals surface area contributed by atoms with Crippen LogP contribution < -0.4 is 10.0 Å². The van der Waals surface area contributed by atoms with Crippen molar-refractivity contribution in [2.24, 2.45) is 0 Å². The summed E-state index contributed by atoms with van der Waals surface area (Å²) >= 11 is 0. The van der Waals surface area contributed by atoms with Crippen molar-refractivity contribution in [3.8, 4) is 12.0 Å². The molecular weight excluding hydrogens is 368 g/mol. The Morgan fingerprint density at radius 2 is 1.85 bits per heavy atom. The number of nitriles is 1. The second-order valence-corrected chi connectivity index (χ2v) is 7.57. The van der Waals surface area contributed by atoms with E-state index >= 15 is 0 Å². The van der Waals surface area contributed by atoms with Crippen LogP contribution in [0.3, 0.4) is 0 Å². The third kappa shape index (κ3) is 4.02. The van der Waals surface area contributed by atoms with E-state index in [1.807, 2.05) is 6.07 Å². The Hall–Kier alpha value is -3.51. The zero-order chi connectivity index (χ0) is 19.6. The number of furan rings is 1. The van der Waals surface area contributed by atoms with E-state index in [-0.39, 0.29) is 17.0 Å². The average Bonchev–Trinajstić information content (AvgIpc) is 3.20. The predicted octanol–water partition coefficient (Wildman–Crippen LogP) is 2.87. The molecule has 0 aliphatic carbocycles. The van der Waals surface area contributed by atoms with Crippen LogP contribution in [-0.2, 0) is 10.0 Å². The number of hydrogen-bond acceptors (Lipinski definition) is 5. The molecule has 3 rings (SSSR count). The second-order valence-electron chi connectivity index (χ2n) is 5.82. The van der Waals surface area contributed by atoms with Crippen molar-refractivity contribution in [3.63, 3.8) is 0 Å². The second kappa shape index (κ2) is 7.01. The lowest BCUT2D eigenvalue weighted by molar-refractivity contribution is 0.102. The third-order valence-corrected chi connectivity index (χ3v) is 4.27. The Morgan fingerprint density at radius 1 is 1.19 bits per heavy atom. The molecule has 2 N–H and O–H groups in total. The van der Waals surface area contributed by atoms with E-state index in [1.54, 1.807) is 54.2 Å². The van der Waals surface area contributed by atoms with Gasteiger partial charge in [0.2, 0.25) is 15.9 Å². The van der Waals surface area contributed by atoms with Crippen molar-refractivity contribution >= 4 is 27.3 Å². The summed E-state index contributed by atoms with van der Waals surface area (Å²) in [5.74, 6) is 0.0403. The van der Waals surface area contributed by atoms with E-state index in [0.717, 1.165) is 6.26 Å². The molecule has 2 aromatic heterocycles. The maximum atomic E-state index is 12.7. The Bertz CT molecular complexity index is 1140. The van der Waals surface area contributed by atoms with Crippen molar-refractivity contribution in [2.75, 3.05) is 16.3 Å². The average molecular weight is 384 g/mol. The van der Waals surface area contributed by atoms with Gasteiger partial charge in [0.15, 0.2) is 0 Å². The fourth-order valence-electron chi connectivity index (χ4n) is 2.63. The molecule has 8 nitrogen and oxygen atoms in total.